The number of nitro groups is 1. The molecular weight excluding hydrogens is 312 g/mol. The second-order valence-electron chi connectivity index (χ2n) is 4.88. The molecular formula is C15H13F2NO5. The third-order valence-corrected chi connectivity index (χ3v) is 3.16. The molecule has 0 aliphatic heterocycles. The van der Waals surface area contributed by atoms with Crippen molar-refractivity contribution in [3.63, 3.8) is 0 Å². The Morgan fingerprint density at radius 3 is 2.65 bits per heavy atom. The van der Waals surface area contributed by atoms with E-state index in [0.29, 0.717) is 19.3 Å². The average molecular weight is 325 g/mol. The number of carbonyl (C=O) groups excluding carboxylic acids is 1. The molecule has 1 aliphatic rings. The lowest BCUT2D eigenvalue weighted by molar-refractivity contribution is -0.384. The van der Waals surface area contributed by atoms with Crippen molar-refractivity contribution in [2.45, 2.75) is 37.7 Å². The Kier molecular flexibility index (Phi) is 5.11. The van der Waals surface area contributed by atoms with Crippen LogP contribution in [0.4, 0.5) is 19.3 Å². The first-order valence-corrected chi connectivity index (χ1v) is 6.89. The molecule has 1 atom stereocenters. The van der Waals surface area contributed by atoms with E-state index >= 15 is 0 Å². The fourth-order valence-electron chi connectivity index (χ4n) is 1.99. The number of hydrogen-bond donors (Lipinski definition) is 0. The van der Waals surface area contributed by atoms with Crippen LogP contribution in [0, 0.1) is 22.0 Å². The molecule has 6 nitrogen and oxygen atoms in total. The number of carbonyl (C=O) groups is 1. The molecule has 0 fully saturated rings. The third kappa shape index (κ3) is 4.64. The highest BCUT2D eigenvalue weighted by atomic mass is 19.3. The minimum absolute atomic E-state index is 0.0168. The van der Waals surface area contributed by atoms with E-state index in [1.165, 1.54) is 12.1 Å². The van der Waals surface area contributed by atoms with Crippen molar-refractivity contribution < 1.29 is 28.0 Å². The van der Waals surface area contributed by atoms with Gasteiger partial charge in [-0.05, 0) is 37.3 Å². The zero-order valence-corrected chi connectivity index (χ0v) is 12.0. The lowest BCUT2D eigenvalue weighted by Gasteiger charge is -2.23. The summed E-state index contributed by atoms with van der Waals surface area (Å²) < 4.78 is 37.0. The number of rotatable bonds is 3. The number of nitro benzene ring substituents is 1. The summed E-state index contributed by atoms with van der Waals surface area (Å²) in [7, 11) is 0. The number of alkyl halides is 2. The summed E-state index contributed by atoms with van der Waals surface area (Å²) in [5.41, 5.74) is -0.187. The normalized spacial score (nSPS) is 19.5. The molecule has 0 spiro atoms. The monoisotopic (exact) mass is 325 g/mol. The standard InChI is InChI=1S/C15H13F2NO5/c16-15(17)10-4-2-1-3-5-13(15)23-14(19)22-12-8-6-11(7-9-12)18(20)21/h6-9,13H,1-3,5H2. The summed E-state index contributed by atoms with van der Waals surface area (Å²) in [6, 6.07) is 4.60. The fourth-order valence-corrected chi connectivity index (χ4v) is 1.99. The number of hydrogen-bond acceptors (Lipinski definition) is 5. The predicted octanol–water partition coefficient (Wildman–Crippen LogP) is 3.69. The average Bonchev–Trinajstić information content (AvgIpc) is 2.48. The lowest BCUT2D eigenvalue weighted by Crippen LogP contribution is -2.37. The van der Waals surface area contributed by atoms with Crippen LogP contribution in [0.2, 0.25) is 0 Å². The molecule has 0 heterocycles. The van der Waals surface area contributed by atoms with Crippen molar-refractivity contribution >= 4 is 11.8 Å². The molecule has 23 heavy (non-hydrogen) atoms. The summed E-state index contributed by atoms with van der Waals surface area (Å²) in [6.07, 6.45) is -1.50. The van der Waals surface area contributed by atoms with Crippen molar-refractivity contribution in [1.29, 1.82) is 0 Å². The van der Waals surface area contributed by atoms with Gasteiger partial charge in [0.05, 0.1) is 4.92 Å². The molecule has 0 N–H and O–H groups in total. The second-order valence-corrected chi connectivity index (χ2v) is 4.88. The first-order valence-electron chi connectivity index (χ1n) is 6.89. The number of halogens is 2. The highest BCUT2D eigenvalue weighted by Crippen LogP contribution is 2.27. The summed E-state index contributed by atoms with van der Waals surface area (Å²) in [4.78, 5) is 21.5. The highest BCUT2D eigenvalue weighted by molar-refractivity contribution is 5.64. The Hall–Kier alpha value is -2.69. The van der Waals surface area contributed by atoms with Crippen molar-refractivity contribution in [2.24, 2.45) is 0 Å². The maximum Gasteiger partial charge on any atom is 0.514 e. The summed E-state index contributed by atoms with van der Waals surface area (Å²) >= 11 is 0. The molecule has 1 aromatic rings. The van der Waals surface area contributed by atoms with E-state index in [4.69, 9.17) is 4.74 Å². The van der Waals surface area contributed by atoms with E-state index in [0.717, 1.165) is 12.1 Å². The quantitative estimate of drug-likeness (QED) is 0.278. The van der Waals surface area contributed by atoms with Crippen molar-refractivity contribution in [1.82, 2.24) is 0 Å². The van der Waals surface area contributed by atoms with E-state index in [1.807, 2.05) is 5.92 Å². The van der Waals surface area contributed by atoms with Gasteiger partial charge in [0, 0.05) is 18.6 Å². The van der Waals surface area contributed by atoms with Crippen LogP contribution in [0.5, 0.6) is 5.75 Å². The zero-order chi connectivity index (χ0) is 16.9. The number of ether oxygens (including phenoxy) is 2. The van der Waals surface area contributed by atoms with Gasteiger partial charge in [0.2, 0.25) is 0 Å². The molecule has 122 valence electrons. The largest absolute Gasteiger partial charge is 0.514 e. The van der Waals surface area contributed by atoms with Crippen molar-refractivity contribution in [3.05, 3.63) is 34.4 Å². The maximum absolute atomic E-state index is 13.8. The van der Waals surface area contributed by atoms with Crippen LogP contribution >= 0.6 is 0 Å². The van der Waals surface area contributed by atoms with Crippen molar-refractivity contribution in [3.8, 4) is 17.6 Å². The number of non-ortho nitro benzene ring substituents is 1. The van der Waals surface area contributed by atoms with Crippen molar-refractivity contribution in [2.75, 3.05) is 0 Å². The molecule has 1 unspecified atom stereocenters. The van der Waals surface area contributed by atoms with E-state index < -0.39 is 23.1 Å². The Bertz CT molecular complexity index is 648. The smallest absolute Gasteiger partial charge is 0.423 e. The molecule has 0 amide bonds. The summed E-state index contributed by atoms with van der Waals surface area (Å²) in [6.45, 7) is 0. The topological polar surface area (TPSA) is 78.7 Å². The highest BCUT2D eigenvalue weighted by Gasteiger charge is 2.41. The van der Waals surface area contributed by atoms with Gasteiger partial charge in [0.25, 0.3) is 5.69 Å². The molecule has 0 bridgehead atoms. The molecule has 0 radical (unpaired) electrons. The lowest BCUT2D eigenvalue weighted by atomic mass is 10.0. The van der Waals surface area contributed by atoms with E-state index in [9.17, 15) is 23.7 Å². The van der Waals surface area contributed by atoms with Crippen LogP contribution in [0.1, 0.15) is 25.7 Å². The van der Waals surface area contributed by atoms with Gasteiger partial charge in [0.15, 0.2) is 6.10 Å². The fraction of sp³-hybridized carbons (Fsp3) is 0.400. The first-order chi connectivity index (χ1) is 10.9. The van der Waals surface area contributed by atoms with E-state index in [2.05, 4.69) is 10.7 Å². The van der Waals surface area contributed by atoms with E-state index in [1.54, 1.807) is 0 Å². The maximum atomic E-state index is 13.8. The first kappa shape index (κ1) is 16.7. The second kappa shape index (κ2) is 7.05. The van der Waals surface area contributed by atoms with Crippen LogP contribution in [0.15, 0.2) is 24.3 Å². The Balaban J connectivity index is 1.99. The van der Waals surface area contributed by atoms with Gasteiger partial charge in [-0.25, -0.2) is 4.79 Å². The van der Waals surface area contributed by atoms with Gasteiger partial charge in [-0.2, -0.15) is 8.78 Å². The minimum atomic E-state index is -3.44. The van der Waals surface area contributed by atoms with Gasteiger partial charge < -0.3 is 9.47 Å². The molecule has 1 aliphatic carbocycles. The van der Waals surface area contributed by atoms with E-state index in [-0.39, 0.29) is 17.9 Å². The van der Waals surface area contributed by atoms with Crippen LogP contribution < -0.4 is 4.74 Å². The van der Waals surface area contributed by atoms with Crippen LogP contribution in [0.3, 0.4) is 0 Å². The summed E-state index contributed by atoms with van der Waals surface area (Å²) in [5, 5.41) is 10.5. The van der Waals surface area contributed by atoms with Gasteiger partial charge in [-0.15, -0.1) is 0 Å². The third-order valence-electron chi connectivity index (χ3n) is 3.16. The molecule has 0 saturated heterocycles. The van der Waals surface area contributed by atoms with Crippen LogP contribution in [-0.4, -0.2) is 23.1 Å². The van der Waals surface area contributed by atoms with Crippen LogP contribution in [-0.2, 0) is 4.74 Å². The predicted molar refractivity (Wildman–Crippen MR) is 75.2 cm³/mol. The van der Waals surface area contributed by atoms with Gasteiger partial charge in [0.1, 0.15) is 5.75 Å². The molecule has 8 heteroatoms. The molecule has 0 saturated carbocycles. The molecule has 1 aromatic carbocycles. The van der Waals surface area contributed by atoms with Crippen LogP contribution in [0.25, 0.3) is 0 Å². The Morgan fingerprint density at radius 1 is 1.30 bits per heavy atom. The molecule has 2 rings (SSSR count). The summed E-state index contributed by atoms with van der Waals surface area (Å²) in [5.74, 6) is 0.684. The van der Waals surface area contributed by atoms with Gasteiger partial charge in [-0.3, -0.25) is 10.1 Å². The zero-order valence-electron chi connectivity index (χ0n) is 12.0. The number of nitrogens with zero attached hydrogens (tertiary/aromatic N) is 1. The van der Waals surface area contributed by atoms with Gasteiger partial charge >= 0.3 is 12.1 Å². The Morgan fingerprint density at radius 2 is 2.00 bits per heavy atom. The Labute approximate surface area is 130 Å². The van der Waals surface area contributed by atoms with Gasteiger partial charge in [-0.1, -0.05) is 5.92 Å². The molecule has 0 aromatic heterocycles. The minimum Gasteiger partial charge on any atom is -0.423 e. The SMILES string of the molecule is O=C(Oc1ccc([N+](=O)[O-])cc1)OC1CCCCC#CC1(F)F. The number of benzene rings is 1.